The van der Waals surface area contributed by atoms with Crippen molar-refractivity contribution in [2.24, 2.45) is 0 Å². The topological polar surface area (TPSA) is 111 Å². The molecule has 0 bridgehead atoms. The summed E-state index contributed by atoms with van der Waals surface area (Å²) in [6.45, 7) is 17.9. The van der Waals surface area contributed by atoms with Gasteiger partial charge in [0, 0.05) is 63.1 Å². The van der Waals surface area contributed by atoms with Crippen molar-refractivity contribution in [1.29, 1.82) is 5.26 Å². The van der Waals surface area contributed by atoms with Crippen molar-refractivity contribution in [2.45, 2.75) is 58.6 Å². The third-order valence-corrected chi connectivity index (χ3v) is 8.33. The molecule has 1 N–H and O–H groups in total. The van der Waals surface area contributed by atoms with Crippen molar-refractivity contribution in [3.8, 4) is 22.9 Å². The Bertz CT molecular complexity index is 1440. The van der Waals surface area contributed by atoms with E-state index in [-0.39, 0.29) is 11.6 Å². The minimum absolute atomic E-state index is 0.354. The molecule has 0 radical (unpaired) electrons. The summed E-state index contributed by atoms with van der Waals surface area (Å²) in [5.41, 5.74) is 2.05. The lowest BCUT2D eigenvalue weighted by atomic mass is 9.86. The molecule has 0 atom stereocenters. The lowest BCUT2D eigenvalue weighted by Gasteiger charge is -2.46. The monoisotopic (exact) mass is 588 g/mol. The number of likely N-dealkylation sites (N-methyl/N-ethyl adjacent to an activating group) is 1. The molecule has 11 nitrogen and oxygen atoms in total. The zero-order valence-electron chi connectivity index (χ0n) is 26.1. The van der Waals surface area contributed by atoms with Crippen LogP contribution in [0.3, 0.4) is 0 Å². The van der Waals surface area contributed by atoms with Crippen molar-refractivity contribution in [3.05, 3.63) is 42.4 Å². The quantitative estimate of drug-likeness (QED) is 0.415. The van der Waals surface area contributed by atoms with Crippen LogP contribution in [0.15, 0.2) is 36.8 Å². The number of piperazine rings is 1. The first-order chi connectivity index (χ1) is 20.6. The van der Waals surface area contributed by atoms with Gasteiger partial charge in [0.2, 0.25) is 0 Å². The Morgan fingerprint density at radius 2 is 1.79 bits per heavy atom. The van der Waals surface area contributed by atoms with Crippen LogP contribution >= 0.6 is 0 Å². The number of aromatic nitrogens is 3. The highest BCUT2D eigenvalue weighted by Crippen LogP contribution is 2.33. The van der Waals surface area contributed by atoms with Crippen molar-refractivity contribution in [3.63, 3.8) is 0 Å². The Labute approximate surface area is 254 Å². The van der Waals surface area contributed by atoms with Crippen LogP contribution in [0.2, 0.25) is 0 Å². The summed E-state index contributed by atoms with van der Waals surface area (Å²) in [4.78, 5) is 25.0. The third-order valence-electron chi connectivity index (χ3n) is 8.33. The number of ether oxygens (including phenoxy) is 2. The van der Waals surface area contributed by atoms with E-state index in [1.54, 1.807) is 16.9 Å². The lowest BCUT2D eigenvalue weighted by molar-refractivity contribution is 0.0359. The minimum Gasteiger partial charge on any atom is -0.492 e. The normalized spacial score (nSPS) is 17.9. The molecule has 2 aliphatic heterocycles. The summed E-state index contributed by atoms with van der Waals surface area (Å²) in [5, 5.41) is 17.3. The number of hydrogen-bond acceptors (Lipinski definition) is 9. The van der Waals surface area contributed by atoms with Crippen LogP contribution in [-0.4, -0.2) is 101 Å². The number of piperidine rings is 1. The van der Waals surface area contributed by atoms with E-state index < -0.39 is 5.60 Å². The number of pyridine rings is 2. The molecule has 11 heteroatoms. The van der Waals surface area contributed by atoms with Gasteiger partial charge in [0.1, 0.15) is 23.2 Å². The summed E-state index contributed by atoms with van der Waals surface area (Å²) >= 11 is 0. The molecule has 0 unspecified atom stereocenters. The summed E-state index contributed by atoms with van der Waals surface area (Å²) in [6.07, 6.45) is 6.45. The van der Waals surface area contributed by atoms with Crippen LogP contribution < -0.4 is 15.0 Å². The molecule has 230 valence electrons. The largest absolute Gasteiger partial charge is 0.492 e. The molecular formula is C32H44N8O3. The van der Waals surface area contributed by atoms with E-state index in [1.165, 1.54) is 0 Å². The summed E-state index contributed by atoms with van der Waals surface area (Å²) in [7, 11) is 0. The maximum Gasteiger partial charge on any atom is 0.408 e. The molecule has 3 aromatic rings. The Hall–Kier alpha value is -3.88. The van der Waals surface area contributed by atoms with Crippen LogP contribution in [0.4, 0.5) is 10.6 Å². The van der Waals surface area contributed by atoms with E-state index >= 15 is 0 Å². The molecule has 3 aromatic heterocycles. The van der Waals surface area contributed by atoms with Crippen molar-refractivity contribution >= 4 is 17.4 Å². The highest BCUT2D eigenvalue weighted by Gasteiger charge is 2.39. The predicted octanol–water partition coefficient (Wildman–Crippen LogP) is 4.17. The van der Waals surface area contributed by atoms with Gasteiger partial charge in [0.25, 0.3) is 0 Å². The van der Waals surface area contributed by atoms with E-state index in [0.29, 0.717) is 17.9 Å². The van der Waals surface area contributed by atoms with Crippen LogP contribution in [-0.2, 0) is 4.74 Å². The number of anilines is 1. The van der Waals surface area contributed by atoms with Gasteiger partial charge in [-0.2, -0.15) is 10.4 Å². The molecule has 0 aromatic carbocycles. The van der Waals surface area contributed by atoms with Gasteiger partial charge in [-0.1, -0.05) is 6.92 Å². The van der Waals surface area contributed by atoms with Crippen molar-refractivity contribution in [1.82, 2.24) is 29.7 Å². The van der Waals surface area contributed by atoms with Gasteiger partial charge in [-0.3, -0.25) is 4.90 Å². The zero-order chi connectivity index (χ0) is 30.6. The van der Waals surface area contributed by atoms with Gasteiger partial charge < -0.3 is 24.6 Å². The Kier molecular flexibility index (Phi) is 9.08. The van der Waals surface area contributed by atoms with E-state index in [9.17, 15) is 10.1 Å². The Morgan fingerprint density at radius 1 is 1.07 bits per heavy atom. The fourth-order valence-corrected chi connectivity index (χ4v) is 6.08. The first kappa shape index (κ1) is 30.6. The Balaban J connectivity index is 1.32. The third kappa shape index (κ3) is 7.20. The van der Waals surface area contributed by atoms with Crippen LogP contribution in [0.25, 0.3) is 16.6 Å². The first-order valence-electron chi connectivity index (χ1n) is 15.3. The van der Waals surface area contributed by atoms with E-state index in [4.69, 9.17) is 14.5 Å². The number of nitriles is 1. The predicted molar refractivity (Wildman–Crippen MR) is 166 cm³/mol. The van der Waals surface area contributed by atoms with Crippen molar-refractivity contribution in [2.75, 3.05) is 63.9 Å². The highest BCUT2D eigenvalue weighted by atomic mass is 16.6. The molecule has 0 aliphatic carbocycles. The smallest absolute Gasteiger partial charge is 0.408 e. The number of nitrogens with zero attached hydrogens (tertiary/aromatic N) is 7. The number of alkyl carbamates (subject to hydrolysis) is 1. The van der Waals surface area contributed by atoms with Gasteiger partial charge in [-0.05, 0) is 65.3 Å². The lowest BCUT2D eigenvalue weighted by Crippen LogP contribution is -2.63. The maximum atomic E-state index is 13.0. The molecule has 5 rings (SSSR count). The van der Waals surface area contributed by atoms with E-state index in [0.717, 1.165) is 87.7 Å². The van der Waals surface area contributed by atoms with Crippen molar-refractivity contribution < 1.29 is 14.3 Å². The molecule has 2 aliphatic rings. The van der Waals surface area contributed by atoms with Gasteiger partial charge in [0.15, 0.2) is 0 Å². The second-order valence-corrected chi connectivity index (χ2v) is 12.5. The summed E-state index contributed by atoms with van der Waals surface area (Å²) < 4.78 is 13.1. The molecular weight excluding hydrogens is 544 g/mol. The summed E-state index contributed by atoms with van der Waals surface area (Å²) in [6, 6.07) is 8.25. The standard InChI is InChI=1S/C32H44N8O3/c1-6-37-14-16-38(17-15-37)23-32(36-30(41)43-31(3,4)5)10-12-39(13-11-32)28-9-8-24(20-34-28)27-18-26(42-7-2)22-40-29(27)25(19-33)21-35-40/h8-9,18,20-22H,6-7,10-17,23H2,1-5H3,(H,36,41). The van der Waals surface area contributed by atoms with Crippen LogP contribution in [0, 0.1) is 11.3 Å². The number of fused-ring (bicyclic) bond motifs is 1. The first-order valence-corrected chi connectivity index (χ1v) is 15.3. The fraction of sp³-hybridized carbons (Fsp3) is 0.562. The van der Waals surface area contributed by atoms with Crippen LogP contribution in [0.1, 0.15) is 53.0 Å². The summed E-state index contributed by atoms with van der Waals surface area (Å²) in [5.74, 6) is 1.57. The number of carbonyl (C=O) groups is 1. The average molecular weight is 589 g/mol. The second kappa shape index (κ2) is 12.8. The molecule has 5 heterocycles. The van der Waals surface area contributed by atoms with E-state index in [2.05, 4.69) is 38.1 Å². The molecule has 1 amide bonds. The van der Waals surface area contributed by atoms with Gasteiger partial charge in [-0.15, -0.1) is 0 Å². The molecule has 43 heavy (non-hydrogen) atoms. The average Bonchev–Trinajstić information content (AvgIpc) is 3.40. The van der Waals surface area contributed by atoms with Gasteiger partial charge in [-0.25, -0.2) is 14.3 Å². The van der Waals surface area contributed by atoms with Gasteiger partial charge >= 0.3 is 6.09 Å². The molecule has 2 fully saturated rings. The minimum atomic E-state index is -0.552. The number of rotatable bonds is 8. The molecule has 0 spiro atoms. The fourth-order valence-electron chi connectivity index (χ4n) is 6.08. The van der Waals surface area contributed by atoms with Crippen LogP contribution in [0.5, 0.6) is 5.75 Å². The van der Waals surface area contributed by atoms with Gasteiger partial charge in [0.05, 0.1) is 35.6 Å². The highest BCUT2D eigenvalue weighted by molar-refractivity contribution is 5.85. The zero-order valence-corrected chi connectivity index (χ0v) is 26.1. The molecule has 0 saturated carbocycles. The van der Waals surface area contributed by atoms with E-state index in [1.807, 2.05) is 52.1 Å². The Morgan fingerprint density at radius 3 is 2.40 bits per heavy atom. The number of carbonyl (C=O) groups excluding carboxylic acids is 1. The second-order valence-electron chi connectivity index (χ2n) is 12.5. The number of amides is 1. The number of nitrogens with one attached hydrogen (secondary N) is 1. The molecule has 2 saturated heterocycles. The number of hydrogen-bond donors (Lipinski definition) is 1. The SMILES string of the molecule is CCOc1cc(-c2ccc(N3CCC(CN4CCN(CC)CC4)(NC(=O)OC(C)(C)C)CC3)nc2)c2c(C#N)cnn2c1. The maximum absolute atomic E-state index is 13.0.